The standard InChI is InChI=1S/C23H18ClNO5S/c1-29-22(26)13-4-15-2-5-16(6-3-15)23-25-20-12-11-19(14-21(20)30-23)31(27,28)18-9-7-17(24)8-10-18/h2-3,5-12,14H,4,13H2,1H3. The second-order valence-corrected chi connectivity index (χ2v) is 9.27. The summed E-state index contributed by atoms with van der Waals surface area (Å²) in [6.45, 7) is 0. The van der Waals surface area contributed by atoms with E-state index in [-0.39, 0.29) is 15.8 Å². The van der Waals surface area contributed by atoms with E-state index in [4.69, 9.17) is 16.0 Å². The van der Waals surface area contributed by atoms with Crippen molar-refractivity contribution in [2.45, 2.75) is 22.6 Å². The molecule has 0 aliphatic heterocycles. The molecule has 0 aliphatic carbocycles. The molecule has 0 unspecified atom stereocenters. The van der Waals surface area contributed by atoms with Gasteiger partial charge in [0.05, 0.1) is 16.9 Å². The number of aryl methyl sites for hydroxylation is 1. The molecular formula is C23H18ClNO5S. The fourth-order valence-corrected chi connectivity index (χ4v) is 4.51. The summed E-state index contributed by atoms with van der Waals surface area (Å²) in [4.78, 5) is 16.0. The number of esters is 1. The zero-order valence-electron chi connectivity index (χ0n) is 16.5. The summed E-state index contributed by atoms with van der Waals surface area (Å²) in [6.07, 6.45) is 0.885. The van der Waals surface area contributed by atoms with E-state index < -0.39 is 9.84 Å². The maximum Gasteiger partial charge on any atom is 0.305 e. The number of oxazole rings is 1. The molecule has 0 atom stereocenters. The molecule has 4 aromatic rings. The van der Waals surface area contributed by atoms with Gasteiger partial charge >= 0.3 is 5.97 Å². The number of hydrogen-bond donors (Lipinski definition) is 0. The summed E-state index contributed by atoms with van der Waals surface area (Å²) >= 11 is 5.86. The molecule has 0 spiro atoms. The number of ether oxygens (including phenoxy) is 1. The lowest BCUT2D eigenvalue weighted by Gasteiger charge is -2.04. The number of hydrogen-bond acceptors (Lipinski definition) is 6. The molecule has 4 rings (SSSR count). The smallest absolute Gasteiger partial charge is 0.305 e. The molecular weight excluding hydrogens is 438 g/mol. The van der Waals surface area contributed by atoms with Crippen LogP contribution in [-0.2, 0) is 25.8 Å². The molecule has 0 radical (unpaired) electrons. The molecule has 0 fully saturated rings. The number of halogens is 1. The van der Waals surface area contributed by atoms with E-state index in [0.717, 1.165) is 11.1 Å². The minimum absolute atomic E-state index is 0.114. The van der Waals surface area contributed by atoms with Gasteiger partial charge in [-0.1, -0.05) is 23.7 Å². The average Bonchev–Trinajstić information content (AvgIpc) is 3.21. The number of carbonyl (C=O) groups excluding carboxylic acids is 1. The van der Waals surface area contributed by atoms with Gasteiger partial charge in [0.1, 0.15) is 5.52 Å². The zero-order valence-corrected chi connectivity index (χ0v) is 18.1. The highest BCUT2D eigenvalue weighted by Gasteiger charge is 2.19. The minimum Gasteiger partial charge on any atom is -0.469 e. The molecule has 158 valence electrons. The molecule has 1 aromatic heterocycles. The Labute approximate surface area is 184 Å². The van der Waals surface area contributed by atoms with E-state index in [1.165, 1.54) is 43.5 Å². The number of fused-ring (bicyclic) bond motifs is 1. The number of sulfone groups is 1. The summed E-state index contributed by atoms with van der Waals surface area (Å²) in [5.74, 6) is 0.128. The summed E-state index contributed by atoms with van der Waals surface area (Å²) in [6, 6.07) is 18.1. The Hall–Kier alpha value is -3.16. The Bertz CT molecular complexity index is 1340. The van der Waals surface area contributed by atoms with Crippen LogP contribution in [-0.4, -0.2) is 26.5 Å². The van der Waals surface area contributed by atoms with Crippen LogP contribution < -0.4 is 0 Å². The molecule has 0 N–H and O–H groups in total. The fraction of sp³-hybridized carbons (Fsp3) is 0.130. The summed E-state index contributed by atoms with van der Waals surface area (Å²) < 4.78 is 36.3. The first-order chi connectivity index (χ1) is 14.9. The van der Waals surface area contributed by atoms with E-state index in [0.29, 0.717) is 34.9 Å². The lowest BCUT2D eigenvalue weighted by Crippen LogP contribution is -2.01. The number of rotatable bonds is 6. The molecule has 0 saturated carbocycles. The number of nitrogens with zero attached hydrogens (tertiary/aromatic N) is 1. The third-order valence-corrected chi connectivity index (χ3v) is 6.86. The van der Waals surface area contributed by atoms with Gasteiger partial charge in [-0.2, -0.15) is 0 Å². The van der Waals surface area contributed by atoms with E-state index in [1.54, 1.807) is 6.07 Å². The van der Waals surface area contributed by atoms with Crippen LogP contribution in [0.5, 0.6) is 0 Å². The molecule has 0 saturated heterocycles. The van der Waals surface area contributed by atoms with Gasteiger partial charge in [-0.3, -0.25) is 4.79 Å². The topological polar surface area (TPSA) is 86.5 Å². The van der Waals surface area contributed by atoms with Gasteiger partial charge in [-0.25, -0.2) is 13.4 Å². The van der Waals surface area contributed by atoms with Crippen LogP contribution in [0.25, 0.3) is 22.6 Å². The first-order valence-corrected chi connectivity index (χ1v) is 11.3. The Morgan fingerprint density at radius 2 is 1.68 bits per heavy atom. The van der Waals surface area contributed by atoms with Gasteiger partial charge in [-0.15, -0.1) is 0 Å². The lowest BCUT2D eigenvalue weighted by molar-refractivity contribution is -0.140. The Morgan fingerprint density at radius 1 is 1.00 bits per heavy atom. The van der Waals surface area contributed by atoms with Crippen molar-refractivity contribution in [2.24, 2.45) is 0 Å². The van der Waals surface area contributed by atoms with Gasteiger partial charge in [0, 0.05) is 23.1 Å². The summed E-state index contributed by atoms with van der Waals surface area (Å²) in [5.41, 5.74) is 2.67. The van der Waals surface area contributed by atoms with Crippen LogP contribution >= 0.6 is 11.6 Å². The van der Waals surface area contributed by atoms with Crippen molar-refractivity contribution < 1.29 is 22.4 Å². The third-order valence-electron chi connectivity index (χ3n) is 4.84. The van der Waals surface area contributed by atoms with Crippen LogP contribution in [0.3, 0.4) is 0 Å². The van der Waals surface area contributed by atoms with Gasteiger partial charge in [0.2, 0.25) is 15.7 Å². The Morgan fingerprint density at radius 3 is 2.35 bits per heavy atom. The second-order valence-electron chi connectivity index (χ2n) is 6.88. The van der Waals surface area contributed by atoms with Crippen LogP contribution in [0.1, 0.15) is 12.0 Å². The molecule has 8 heteroatoms. The van der Waals surface area contributed by atoms with Crippen molar-refractivity contribution in [1.29, 1.82) is 0 Å². The van der Waals surface area contributed by atoms with E-state index >= 15 is 0 Å². The predicted octanol–water partition coefficient (Wildman–Crippen LogP) is 5.09. The zero-order chi connectivity index (χ0) is 22.0. The summed E-state index contributed by atoms with van der Waals surface area (Å²) in [5, 5.41) is 0.464. The highest BCUT2D eigenvalue weighted by Crippen LogP contribution is 2.29. The largest absolute Gasteiger partial charge is 0.469 e. The second kappa shape index (κ2) is 8.53. The van der Waals surface area contributed by atoms with Gasteiger partial charge in [0.15, 0.2) is 5.58 Å². The Kier molecular flexibility index (Phi) is 5.80. The van der Waals surface area contributed by atoms with E-state index in [2.05, 4.69) is 9.72 Å². The molecule has 0 amide bonds. The number of benzene rings is 3. The average molecular weight is 456 g/mol. The van der Waals surface area contributed by atoms with Crippen LogP contribution in [0, 0.1) is 0 Å². The molecule has 0 aliphatic rings. The monoisotopic (exact) mass is 455 g/mol. The molecule has 3 aromatic carbocycles. The quantitative estimate of drug-likeness (QED) is 0.376. The molecule has 0 bridgehead atoms. The lowest BCUT2D eigenvalue weighted by atomic mass is 10.1. The number of carbonyl (C=O) groups is 1. The van der Waals surface area contributed by atoms with Crippen LogP contribution in [0.2, 0.25) is 5.02 Å². The van der Waals surface area contributed by atoms with Gasteiger partial charge in [0.25, 0.3) is 0 Å². The Balaban J connectivity index is 1.60. The third kappa shape index (κ3) is 4.47. The predicted molar refractivity (Wildman–Crippen MR) is 117 cm³/mol. The molecule has 6 nitrogen and oxygen atoms in total. The maximum absolute atomic E-state index is 12.9. The van der Waals surface area contributed by atoms with E-state index in [1.807, 2.05) is 24.3 Å². The van der Waals surface area contributed by atoms with E-state index in [9.17, 15) is 13.2 Å². The van der Waals surface area contributed by atoms with Crippen molar-refractivity contribution in [1.82, 2.24) is 4.98 Å². The molecule has 31 heavy (non-hydrogen) atoms. The molecule has 1 heterocycles. The highest BCUT2D eigenvalue weighted by molar-refractivity contribution is 7.91. The van der Waals surface area contributed by atoms with Gasteiger partial charge in [-0.05, 0) is 60.5 Å². The van der Waals surface area contributed by atoms with Crippen LogP contribution in [0.4, 0.5) is 0 Å². The first kappa shape index (κ1) is 21.1. The summed E-state index contributed by atoms with van der Waals surface area (Å²) in [7, 11) is -2.34. The highest BCUT2D eigenvalue weighted by atomic mass is 35.5. The van der Waals surface area contributed by atoms with Crippen LogP contribution in [0.15, 0.2) is 80.9 Å². The van der Waals surface area contributed by atoms with Crippen molar-refractivity contribution in [3.05, 3.63) is 77.3 Å². The maximum atomic E-state index is 12.9. The SMILES string of the molecule is COC(=O)CCc1ccc(-c2nc3ccc(S(=O)(=O)c4ccc(Cl)cc4)cc3o2)cc1. The van der Waals surface area contributed by atoms with Crippen molar-refractivity contribution in [3.8, 4) is 11.5 Å². The number of methoxy groups -OCH3 is 1. The fourth-order valence-electron chi connectivity index (χ4n) is 3.11. The normalized spacial score (nSPS) is 11.5. The van der Waals surface area contributed by atoms with Gasteiger partial charge < -0.3 is 9.15 Å². The van der Waals surface area contributed by atoms with Crippen molar-refractivity contribution >= 4 is 38.5 Å². The first-order valence-electron chi connectivity index (χ1n) is 9.44. The van der Waals surface area contributed by atoms with Crippen molar-refractivity contribution in [3.63, 3.8) is 0 Å². The van der Waals surface area contributed by atoms with Crippen molar-refractivity contribution in [2.75, 3.05) is 7.11 Å². The minimum atomic E-state index is -3.71. The number of aromatic nitrogens is 1.